The molecule has 130 valence electrons. The van der Waals surface area contributed by atoms with Crippen molar-refractivity contribution in [3.05, 3.63) is 53.9 Å². The maximum Gasteiger partial charge on any atom is 0.265 e. The van der Waals surface area contributed by atoms with Crippen molar-refractivity contribution >= 4 is 15.7 Å². The average Bonchev–Trinajstić information content (AvgIpc) is 3.01. The smallest absolute Gasteiger partial charge is 0.265 e. The Balaban J connectivity index is 1.87. The van der Waals surface area contributed by atoms with E-state index in [1.807, 2.05) is 6.92 Å². The summed E-state index contributed by atoms with van der Waals surface area (Å²) < 4.78 is 38.1. The molecule has 8 heteroatoms. The summed E-state index contributed by atoms with van der Waals surface area (Å²) in [7, 11) is -2.34. The first-order chi connectivity index (χ1) is 11.9. The zero-order chi connectivity index (χ0) is 18.0. The highest BCUT2D eigenvalue weighted by Gasteiger charge is 2.20. The minimum absolute atomic E-state index is 0.0894. The molecule has 0 saturated heterocycles. The molecule has 0 saturated carbocycles. The van der Waals surface area contributed by atoms with Crippen LogP contribution in [0.2, 0.25) is 0 Å². The standard InChI is InChI=1S/C17H17N3O4S/c1-11-4-9-15(23-3)16(10-11)25(21,22)20-14-7-5-13(6-8-14)17-18-12(2)19-24-17/h4-10,20H,1-3H3. The summed E-state index contributed by atoms with van der Waals surface area (Å²) in [6.45, 7) is 3.55. The zero-order valence-electron chi connectivity index (χ0n) is 14.0. The Kier molecular flexibility index (Phi) is 4.45. The van der Waals surface area contributed by atoms with Crippen LogP contribution in [0.15, 0.2) is 51.9 Å². The van der Waals surface area contributed by atoms with Crippen LogP contribution in [0.5, 0.6) is 5.75 Å². The molecule has 7 nitrogen and oxygen atoms in total. The van der Waals surface area contributed by atoms with Gasteiger partial charge in [-0.05, 0) is 55.8 Å². The van der Waals surface area contributed by atoms with Crippen molar-refractivity contribution in [3.8, 4) is 17.2 Å². The predicted molar refractivity (Wildman–Crippen MR) is 93.0 cm³/mol. The highest BCUT2D eigenvalue weighted by molar-refractivity contribution is 7.92. The zero-order valence-corrected chi connectivity index (χ0v) is 14.8. The molecule has 2 aromatic carbocycles. The van der Waals surface area contributed by atoms with Crippen molar-refractivity contribution in [1.82, 2.24) is 10.1 Å². The Labute approximate surface area is 145 Å². The van der Waals surface area contributed by atoms with Gasteiger partial charge in [0.25, 0.3) is 15.9 Å². The molecule has 1 aromatic heterocycles. The topological polar surface area (TPSA) is 94.3 Å². The molecule has 0 unspecified atom stereocenters. The van der Waals surface area contributed by atoms with Crippen molar-refractivity contribution < 1.29 is 17.7 Å². The van der Waals surface area contributed by atoms with Crippen LogP contribution >= 0.6 is 0 Å². The molecule has 0 aliphatic carbocycles. The summed E-state index contributed by atoms with van der Waals surface area (Å²) in [6, 6.07) is 11.7. The second kappa shape index (κ2) is 6.56. The highest BCUT2D eigenvalue weighted by atomic mass is 32.2. The molecule has 25 heavy (non-hydrogen) atoms. The third kappa shape index (κ3) is 3.63. The lowest BCUT2D eigenvalue weighted by Crippen LogP contribution is -2.14. The van der Waals surface area contributed by atoms with E-state index in [1.54, 1.807) is 49.4 Å². The molecule has 3 aromatic rings. The van der Waals surface area contributed by atoms with Crippen LogP contribution in [0, 0.1) is 13.8 Å². The number of hydrogen-bond donors (Lipinski definition) is 1. The van der Waals surface area contributed by atoms with Crippen LogP contribution in [-0.4, -0.2) is 25.7 Å². The maximum atomic E-state index is 12.7. The predicted octanol–water partition coefficient (Wildman–Crippen LogP) is 3.16. The summed E-state index contributed by atoms with van der Waals surface area (Å²) in [5.74, 6) is 1.20. The molecule has 0 aliphatic rings. The van der Waals surface area contributed by atoms with Gasteiger partial charge in [0.15, 0.2) is 5.82 Å². The van der Waals surface area contributed by atoms with E-state index >= 15 is 0 Å². The first kappa shape index (κ1) is 17.0. The molecule has 0 amide bonds. The van der Waals surface area contributed by atoms with Gasteiger partial charge in [0.1, 0.15) is 10.6 Å². The van der Waals surface area contributed by atoms with Crippen LogP contribution < -0.4 is 9.46 Å². The van der Waals surface area contributed by atoms with Crippen molar-refractivity contribution in [1.29, 1.82) is 0 Å². The van der Waals surface area contributed by atoms with Crippen LogP contribution in [0.1, 0.15) is 11.4 Å². The Morgan fingerprint density at radius 3 is 2.40 bits per heavy atom. The third-order valence-electron chi connectivity index (χ3n) is 3.52. The Morgan fingerprint density at radius 2 is 1.80 bits per heavy atom. The lowest BCUT2D eigenvalue weighted by atomic mass is 10.2. The SMILES string of the molecule is COc1ccc(C)cc1S(=O)(=O)Nc1ccc(-c2nc(C)no2)cc1. The number of nitrogens with zero attached hydrogens (tertiary/aromatic N) is 2. The molecular weight excluding hydrogens is 342 g/mol. The van der Waals surface area contributed by atoms with E-state index in [4.69, 9.17) is 9.26 Å². The molecule has 3 rings (SSSR count). The molecule has 0 fully saturated rings. The number of methoxy groups -OCH3 is 1. The van der Waals surface area contributed by atoms with Gasteiger partial charge in [0.2, 0.25) is 0 Å². The molecule has 0 radical (unpaired) electrons. The number of nitrogens with one attached hydrogen (secondary N) is 1. The fourth-order valence-electron chi connectivity index (χ4n) is 2.30. The first-order valence-electron chi connectivity index (χ1n) is 7.47. The summed E-state index contributed by atoms with van der Waals surface area (Å²) in [6.07, 6.45) is 0. The number of ether oxygens (including phenoxy) is 1. The van der Waals surface area contributed by atoms with E-state index < -0.39 is 10.0 Å². The summed E-state index contributed by atoms with van der Waals surface area (Å²) in [5.41, 5.74) is 1.95. The largest absolute Gasteiger partial charge is 0.495 e. The van der Waals surface area contributed by atoms with Crippen molar-refractivity contribution in [3.63, 3.8) is 0 Å². The number of hydrogen-bond acceptors (Lipinski definition) is 6. The molecule has 0 aliphatic heterocycles. The Bertz CT molecular complexity index is 995. The second-order valence-corrected chi connectivity index (χ2v) is 7.13. The summed E-state index contributed by atoms with van der Waals surface area (Å²) in [5, 5.41) is 3.73. The Hall–Kier alpha value is -2.87. The molecular formula is C17H17N3O4S. The average molecular weight is 359 g/mol. The van der Waals surface area contributed by atoms with Crippen LogP contribution in [-0.2, 0) is 10.0 Å². The van der Waals surface area contributed by atoms with Gasteiger partial charge in [-0.1, -0.05) is 11.2 Å². The van der Waals surface area contributed by atoms with Gasteiger partial charge in [-0.15, -0.1) is 0 Å². The van der Waals surface area contributed by atoms with Gasteiger partial charge in [-0.25, -0.2) is 8.42 Å². The highest BCUT2D eigenvalue weighted by Crippen LogP contribution is 2.27. The third-order valence-corrected chi connectivity index (χ3v) is 4.92. The monoisotopic (exact) mass is 359 g/mol. The second-order valence-electron chi connectivity index (χ2n) is 5.48. The maximum absolute atomic E-state index is 12.7. The van der Waals surface area contributed by atoms with Crippen molar-refractivity contribution in [2.45, 2.75) is 18.7 Å². The fraction of sp³-hybridized carbons (Fsp3) is 0.176. The van der Waals surface area contributed by atoms with E-state index in [9.17, 15) is 8.42 Å². The number of aryl methyl sites for hydroxylation is 2. The molecule has 0 bridgehead atoms. The van der Waals surface area contributed by atoms with Gasteiger partial charge in [-0.3, -0.25) is 4.72 Å². The van der Waals surface area contributed by atoms with E-state index in [0.717, 1.165) is 5.56 Å². The van der Waals surface area contributed by atoms with Gasteiger partial charge in [0.05, 0.1) is 7.11 Å². The van der Waals surface area contributed by atoms with Crippen molar-refractivity contribution in [2.75, 3.05) is 11.8 Å². The van der Waals surface area contributed by atoms with E-state index in [-0.39, 0.29) is 10.6 Å². The van der Waals surface area contributed by atoms with Gasteiger partial charge < -0.3 is 9.26 Å². The van der Waals surface area contributed by atoms with E-state index in [0.29, 0.717) is 23.0 Å². The molecule has 1 N–H and O–H groups in total. The Morgan fingerprint density at radius 1 is 1.08 bits per heavy atom. The lowest BCUT2D eigenvalue weighted by Gasteiger charge is -2.12. The molecule has 0 spiro atoms. The quantitative estimate of drug-likeness (QED) is 0.752. The fourth-order valence-corrected chi connectivity index (χ4v) is 3.61. The van der Waals surface area contributed by atoms with Gasteiger partial charge in [0, 0.05) is 11.3 Å². The van der Waals surface area contributed by atoms with Crippen LogP contribution in [0.3, 0.4) is 0 Å². The van der Waals surface area contributed by atoms with Crippen LogP contribution in [0.4, 0.5) is 5.69 Å². The van der Waals surface area contributed by atoms with Crippen molar-refractivity contribution in [2.24, 2.45) is 0 Å². The molecule has 0 atom stereocenters. The number of anilines is 1. The normalized spacial score (nSPS) is 11.3. The number of aromatic nitrogens is 2. The minimum Gasteiger partial charge on any atom is -0.495 e. The minimum atomic E-state index is -3.78. The van der Waals surface area contributed by atoms with Gasteiger partial charge in [-0.2, -0.15) is 4.98 Å². The van der Waals surface area contributed by atoms with E-state index in [1.165, 1.54) is 7.11 Å². The number of rotatable bonds is 5. The van der Waals surface area contributed by atoms with Crippen LogP contribution in [0.25, 0.3) is 11.5 Å². The first-order valence-corrected chi connectivity index (χ1v) is 8.95. The number of benzene rings is 2. The van der Waals surface area contributed by atoms with E-state index in [2.05, 4.69) is 14.9 Å². The molecule has 1 heterocycles. The lowest BCUT2D eigenvalue weighted by molar-refractivity contribution is 0.402. The number of sulfonamides is 1. The summed E-state index contributed by atoms with van der Waals surface area (Å²) >= 11 is 0. The van der Waals surface area contributed by atoms with Gasteiger partial charge >= 0.3 is 0 Å². The summed E-state index contributed by atoms with van der Waals surface area (Å²) in [4.78, 5) is 4.22.